The molecule has 0 atom stereocenters. The van der Waals surface area contributed by atoms with Crippen LogP contribution in [0.1, 0.15) is 15.9 Å². The van der Waals surface area contributed by atoms with Gasteiger partial charge in [0.1, 0.15) is 18.2 Å². The minimum atomic E-state index is -0.731. The quantitative estimate of drug-likeness (QED) is 0.688. The number of benzene rings is 2. The van der Waals surface area contributed by atoms with Gasteiger partial charge in [-0.15, -0.1) is 0 Å². The van der Waals surface area contributed by atoms with Gasteiger partial charge in [-0.1, -0.05) is 12.1 Å². The van der Waals surface area contributed by atoms with Crippen molar-refractivity contribution in [3.63, 3.8) is 0 Å². The Kier molecular flexibility index (Phi) is 4.20. The Bertz CT molecular complexity index is 628. The molecule has 0 heterocycles. The fourth-order valence-electron chi connectivity index (χ4n) is 1.69. The van der Waals surface area contributed by atoms with Gasteiger partial charge in [-0.3, -0.25) is 0 Å². The normalized spacial score (nSPS) is 10.1. The van der Waals surface area contributed by atoms with Gasteiger partial charge in [0.25, 0.3) is 0 Å². The van der Waals surface area contributed by atoms with Gasteiger partial charge in [0.2, 0.25) is 0 Å². The molecule has 104 valence electrons. The van der Waals surface area contributed by atoms with Crippen LogP contribution in [0.4, 0.5) is 10.1 Å². The molecule has 2 rings (SSSR count). The van der Waals surface area contributed by atoms with E-state index in [1.165, 1.54) is 12.1 Å². The zero-order valence-corrected chi connectivity index (χ0v) is 10.9. The molecule has 0 aliphatic rings. The molecule has 0 spiro atoms. The Morgan fingerprint density at radius 1 is 1.25 bits per heavy atom. The van der Waals surface area contributed by atoms with E-state index >= 15 is 0 Å². The molecule has 4 nitrogen and oxygen atoms in total. The lowest BCUT2D eigenvalue weighted by Gasteiger charge is -2.07. The van der Waals surface area contributed by atoms with Crippen molar-refractivity contribution in [1.29, 1.82) is 0 Å². The molecule has 2 aromatic carbocycles. The third-order valence-electron chi connectivity index (χ3n) is 2.72. The first-order valence-corrected chi connectivity index (χ1v) is 5.95. The number of carbonyl (C=O) groups is 1. The molecule has 0 radical (unpaired) electrons. The highest BCUT2D eigenvalue weighted by Crippen LogP contribution is 2.16. The predicted molar refractivity (Wildman–Crippen MR) is 72.9 cm³/mol. The standard InChI is InChI=1S/C15H14FNO3/c1-19-12-4-2-3-10(7-12)9-20-15(18)13-6-5-11(17)8-14(13)16/h2-8H,9,17H2,1H3. The summed E-state index contributed by atoms with van der Waals surface area (Å²) in [5.41, 5.74) is 6.30. The summed E-state index contributed by atoms with van der Waals surface area (Å²) in [5, 5.41) is 0. The van der Waals surface area contributed by atoms with E-state index in [4.69, 9.17) is 15.2 Å². The van der Waals surface area contributed by atoms with Gasteiger partial charge in [0.15, 0.2) is 0 Å². The van der Waals surface area contributed by atoms with Gasteiger partial charge in [0.05, 0.1) is 12.7 Å². The van der Waals surface area contributed by atoms with Gasteiger partial charge in [-0.25, -0.2) is 9.18 Å². The van der Waals surface area contributed by atoms with E-state index in [-0.39, 0.29) is 17.9 Å². The number of ether oxygens (including phenoxy) is 2. The summed E-state index contributed by atoms with van der Waals surface area (Å²) in [6.45, 7) is 0.0415. The largest absolute Gasteiger partial charge is 0.497 e. The van der Waals surface area contributed by atoms with Crippen molar-refractivity contribution in [2.24, 2.45) is 0 Å². The Balaban J connectivity index is 2.04. The van der Waals surface area contributed by atoms with Crippen molar-refractivity contribution in [2.75, 3.05) is 12.8 Å². The number of anilines is 1. The second kappa shape index (κ2) is 6.06. The van der Waals surface area contributed by atoms with Crippen molar-refractivity contribution in [3.8, 4) is 5.75 Å². The SMILES string of the molecule is COc1cccc(COC(=O)c2ccc(N)cc2F)c1. The molecule has 0 aliphatic heterocycles. The molecule has 0 fully saturated rings. The van der Waals surface area contributed by atoms with Crippen LogP contribution in [0, 0.1) is 5.82 Å². The van der Waals surface area contributed by atoms with E-state index < -0.39 is 11.8 Å². The van der Waals surface area contributed by atoms with Crippen LogP contribution in [0.3, 0.4) is 0 Å². The van der Waals surface area contributed by atoms with Crippen LogP contribution in [-0.2, 0) is 11.3 Å². The summed E-state index contributed by atoms with van der Waals surface area (Å²) >= 11 is 0. The summed E-state index contributed by atoms with van der Waals surface area (Å²) in [5.74, 6) is -0.761. The highest BCUT2D eigenvalue weighted by molar-refractivity contribution is 5.90. The average Bonchev–Trinajstić information content (AvgIpc) is 2.45. The van der Waals surface area contributed by atoms with E-state index in [2.05, 4.69) is 0 Å². The van der Waals surface area contributed by atoms with E-state index in [0.717, 1.165) is 11.6 Å². The third kappa shape index (κ3) is 3.26. The molecule has 0 bridgehead atoms. The van der Waals surface area contributed by atoms with E-state index in [1.54, 1.807) is 31.4 Å². The summed E-state index contributed by atoms with van der Waals surface area (Å²) in [7, 11) is 1.55. The minimum absolute atomic E-state index is 0.0415. The number of hydrogen-bond donors (Lipinski definition) is 1. The van der Waals surface area contributed by atoms with Gasteiger partial charge in [-0.2, -0.15) is 0 Å². The van der Waals surface area contributed by atoms with Crippen LogP contribution in [0.5, 0.6) is 5.75 Å². The maximum Gasteiger partial charge on any atom is 0.341 e. The second-order valence-electron chi connectivity index (χ2n) is 4.17. The fourth-order valence-corrected chi connectivity index (χ4v) is 1.69. The molecule has 0 aromatic heterocycles. The average molecular weight is 275 g/mol. The first kappa shape index (κ1) is 13.9. The smallest absolute Gasteiger partial charge is 0.341 e. The second-order valence-corrected chi connectivity index (χ2v) is 4.17. The van der Waals surface area contributed by atoms with Crippen LogP contribution in [0.15, 0.2) is 42.5 Å². The number of hydrogen-bond acceptors (Lipinski definition) is 4. The van der Waals surface area contributed by atoms with Gasteiger partial charge in [0, 0.05) is 5.69 Å². The third-order valence-corrected chi connectivity index (χ3v) is 2.72. The van der Waals surface area contributed by atoms with Crippen molar-refractivity contribution in [3.05, 3.63) is 59.4 Å². The van der Waals surface area contributed by atoms with Crippen molar-refractivity contribution >= 4 is 11.7 Å². The number of halogens is 1. The van der Waals surface area contributed by atoms with E-state index in [9.17, 15) is 9.18 Å². The Morgan fingerprint density at radius 2 is 2.05 bits per heavy atom. The number of nitrogen functional groups attached to an aromatic ring is 1. The van der Waals surface area contributed by atoms with E-state index in [1.807, 2.05) is 0 Å². The number of methoxy groups -OCH3 is 1. The predicted octanol–water partition coefficient (Wildman–Crippen LogP) is 2.77. The number of carbonyl (C=O) groups excluding carboxylic acids is 1. The molecule has 0 saturated carbocycles. The van der Waals surface area contributed by atoms with Crippen LogP contribution in [0.2, 0.25) is 0 Å². The highest BCUT2D eigenvalue weighted by atomic mass is 19.1. The van der Waals surface area contributed by atoms with Crippen LogP contribution in [0.25, 0.3) is 0 Å². The summed E-state index contributed by atoms with van der Waals surface area (Å²) in [4.78, 5) is 11.8. The molecule has 2 N–H and O–H groups in total. The monoisotopic (exact) mass is 275 g/mol. The number of nitrogens with two attached hydrogens (primary N) is 1. The highest BCUT2D eigenvalue weighted by Gasteiger charge is 2.13. The van der Waals surface area contributed by atoms with Gasteiger partial charge in [-0.05, 0) is 35.9 Å². The maximum absolute atomic E-state index is 13.5. The Labute approximate surface area is 115 Å². The lowest BCUT2D eigenvalue weighted by molar-refractivity contribution is 0.0467. The fraction of sp³-hybridized carbons (Fsp3) is 0.133. The maximum atomic E-state index is 13.5. The first-order chi connectivity index (χ1) is 9.60. The summed E-state index contributed by atoms with van der Waals surface area (Å²) in [6.07, 6.45) is 0. The lowest BCUT2D eigenvalue weighted by Crippen LogP contribution is -2.08. The molecule has 2 aromatic rings. The molecular formula is C15H14FNO3. The zero-order chi connectivity index (χ0) is 14.5. The minimum Gasteiger partial charge on any atom is -0.497 e. The zero-order valence-electron chi connectivity index (χ0n) is 10.9. The van der Waals surface area contributed by atoms with Gasteiger partial charge >= 0.3 is 5.97 Å². The molecule has 0 unspecified atom stereocenters. The number of esters is 1. The molecule has 5 heteroatoms. The van der Waals surface area contributed by atoms with Crippen LogP contribution >= 0.6 is 0 Å². The molecule has 0 saturated heterocycles. The molecular weight excluding hydrogens is 261 g/mol. The number of rotatable bonds is 4. The summed E-state index contributed by atoms with van der Waals surface area (Å²) < 4.78 is 23.7. The lowest BCUT2D eigenvalue weighted by atomic mass is 10.2. The summed E-state index contributed by atoms with van der Waals surface area (Å²) in [6, 6.07) is 10.9. The van der Waals surface area contributed by atoms with Crippen molar-refractivity contribution in [1.82, 2.24) is 0 Å². The molecule has 0 amide bonds. The van der Waals surface area contributed by atoms with Crippen molar-refractivity contribution < 1.29 is 18.7 Å². The van der Waals surface area contributed by atoms with E-state index in [0.29, 0.717) is 5.75 Å². The van der Waals surface area contributed by atoms with Gasteiger partial charge < -0.3 is 15.2 Å². The Hall–Kier alpha value is -2.56. The van der Waals surface area contributed by atoms with Crippen LogP contribution < -0.4 is 10.5 Å². The topological polar surface area (TPSA) is 61.5 Å². The Morgan fingerprint density at radius 3 is 2.75 bits per heavy atom. The molecule has 20 heavy (non-hydrogen) atoms. The van der Waals surface area contributed by atoms with Crippen LogP contribution in [-0.4, -0.2) is 13.1 Å². The van der Waals surface area contributed by atoms with Crippen molar-refractivity contribution in [2.45, 2.75) is 6.61 Å². The first-order valence-electron chi connectivity index (χ1n) is 5.95. The molecule has 0 aliphatic carbocycles.